The molecule has 0 N–H and O–H groups in total. The third kappa shape index (κ3) is 1.52. The van der Waals surface area contributed by atoms with Gasteiger partial charge in [-0.1, -0.05) is 46.4 Å². The summed E-state index contributed by atoms with van der Waals surface area (Å²) in [7, 11) is 0.0384. The van der Waals surface area contributed by atoms with Crippen molar-refractivity contribution in [1.29, 1.82) is 0 Å². The van der Waals surface area contributed by atoms with Gasteiger partial charge in [0.2, 0.25) is 3.67 Å². The Balaban J connectivity index is 3.02. The monoisotopic (exact) mass is 255 g/mol. The van der Waals surface area contributed by atoms with Crippen LogP contribution in [0.15, 0.2) is 0 Å². The van der Waals surface area contributed by atoms with E-state index in [9.17, 15) is 4.21 Å². The molecule has 7 heteroatoms. The summed E-state index contributed by atoms with van der Waals surface area (Å²) < 4.78 is 9.68. The van der Waals surface area contributed by atoms with Crippen LogP contribution in [0, 0.1) is 0 Å². The van der Waals surface area contributed by atoms with Gasteiger partial charge in [0, 0.05) is 6.54 Å². The van der Waals surface area contributed by atoms with Crippen molar-refractivity contribution in [2.45, 2.75) is 8.00 Å². The topological polar surface area (TPSA) is 20.3 Å². The first-order valence-corrected chi connectivity index (χ1v) is 5.29. The molecule has 1 saturated heterocycles. The summed E-state index contributed by atoms with van der Waals surface area (Å²) in [6, 6.07) is 0. The molecule has 2 nitrogen and oxygen atoms in total. The maximum Gasteiger partial charge on any atom is 0.239 e. The van der Waals surface area contributed by atoms with E-state index in [1.165, 1.54) is 4.31 Å². The minimum Gasteiger partial charge on any atom is -0.239 e. The van der Waals surface area contributed by atoms with E-state index in [1.54, 1.807) is 7.05 Å². The van der Waals surface area contributed by atoms with E-state index in [1.807, 2.05) is 0 Å². The third-order valence-electron chi connectivity index (χ3n) is 1.35. The summed E-state index contributed by atoms with van der Waals surface area (Å²) in [4.78, 5) is 0. The lowest BCUT2D eigenvalue weighted by Crippen LogP contribution is -2.34. The van der Waals surface area contributed by atoms with Crippen LogP contribution in [0.25, 0.3) is 0 Å². The molecule has 0 bridgehead atoms. The van der Waals surface area contributed by atoms with Gasteiger partial charge >= 0.3 is 0 Å². The van der Waals surface area contributed by atoms with Crippen LogP contribution in [-0.2, 0) is 11.0 Å². The van der Waals surface area contributed by atoms with Crippen LogP contribution in [0.5, 0.6) is 0 Å². The van der Waals surface area contributed by atoms with Gasteiger partial charge in [-0.25, -0.2) is 8.51 Å². The van der Waals surface area contributed by atoms with E-state index in [-0.39, 0.29) is 6.54 Å². The summed E-state index contributed by atoms with van der Waals surface area (Å²) in [6.07, 6.45) is 0. The zero-order chi connectivity index (χ0) is 8.86. The molecule has 11 heavy (non-hydrogen) atoms. The van der Waals surface area contributed by atoms with Gasteiger partial charge in [0.1, 0.15) is 11.0 Å². The van der Waals surface area contributed by atoms with Gasteiger partial charge in [0.15, 0.2) is 4.33 Å². The Kier molecular flexibility index (Phi) is 2.72. The normalized spacial score (nSPS) is 35.9. The largest absolute Gasteiger partial charge is 0.239 e. The van der Waals surface area contributed by atoms with Crippen molar-refractivity contribution < 1.29 is 4.21 Å². The summed E-state index contributed by atoms with van der Waals surface area (Å²) in [6.45, 7) is 0.190. The zero-order valence-corrected chi connectivity index (χ0v) is 9.32. The highest BCUT2D eigenvalue weighted by Crippen LogP contribution is 2.50. The van der Waals surface area contributed by atoms with Gasteiger partial charge in [-0.2, -0.15) is 0 Å². The molecule has 1 atom stereocenters. The second kappa shape index (κ2) is 2.89. The first-order chi connectivity index (χ1) is 4.79. The molecule has 0 aromatic rings. The van der Waals surface area contributed by atoms with Crippen molar-refractivity contribution in [2.24, 2.45) is 0 Å². The molecule has 0 aromatic carbocycles. The van der Waals surface area contributed by atoms with Crippen LogP contribution < -0.4 is 0 Å². The number of halogens is 4. The van der Waals surface area contributed by atoms with Crippen LogP contribution >= 0.6 is 46.4 Å². The number of rotatable bonds is 0. The maximum absolute atomic E-state index is 11.2. The van der Waals surface area contributed by atoms with E-state index in [4.69, 9.17) is 46.4 Å². The predicted molar refractivity (Wildman–Crippen MR) is 49.6 cm³/mol. The van der Waals surface area contributed by atoms with Gasteiger partial charge in [-0.05, 0) is 7.05 Å². The zero-order valence-electron chi connectivity index (χ0n) is 5.48. The Morgan fingerprint density at radius 1 is 1.36 bits per heavy atom. The Labute approximate surface area is 87.3 Å². The van der Waals surface area contributed by atoms with Gasteiger partial charge in [-0.15, -0.1) is 0 Å². The van der Waals surface area contributed by atoms with Crippen molar-refractivity contribution in [3.63, 3.8) is 0 Å². The molecule has 0 radical (unpaired) electrons. The predicted octanol–water partition coefficient (Wildman–Crippen LogP) is 1.90. The molecule has 0 amide bonds. The SMILES string of the molecule is CN1CC(Cl)(Cl)C(Cl)(Cl)S1=O. The first-order valence-electron chi connectivity index (χ1n) is 2.68. The fourth-order valence-electron chi connectivity index (χ4n) is 0.754. The molecule has 66 valence electrons. The number of hydrogen-bond acceptors (Lipinski definition) is 1. The first kappa shape index (κ1) is 10.4. The molecule has 0 aromatic heterocycles. The molecule has 0 aliphatic carbocycles. The Hall–Kier alpha value is 1.27. The van der Waals surface area contributed by atoms with Crippen LogP contribution in [0.2, 0.25) is 0 Å². The van der Waals surface area contributed by atoms with Crippen LogP contribution in [-0.4, -0.2) is 30.1 Å². The van der Waals surface area contributed by atoms with Gasteiger partial charge in [0.05, 0.1) is 0 Å². The highest BCUT2D eigenvalue weighted by Gasteiger charge is 2.60. The average Bonchev–Trinajstić information content (AvgIpc) is 1.93. The van der Waals surface area contributed by atoms with Gasteiger partial charge in [-0.3, -0.25) is 0 Å². The fourth-order valence-corrected chi connectivity index (χ4v) is 3.50. The lowest BCUT2D eigenvalue weighted by molar-refractivity contribution is 0.548. The van der Waals surface area contributed by atoms with E-state index in [0.29, 0.717) is 0 Å². The maximum atomic E-state index is 11.2. The molecule has 1 unspecified atom stereocenters. The molecule has 1 aliphatic rings. The van der Waals surface area contributed by atoms with E-state index in [0.717, 1.165) is 0 Å². The van der Waals surface area contributed by atoms with Crippen molar-refractivity contribution in [2.75, 3.05) is 13.6 Å². The molecule has 0 spiro atoms. The summed E-state index contributed by atoms with van der Waals surface area (Å²) in [5.41, 5.74) is 0. The standard InChI is InChI=1S/C4H5Cl4NOS/c1-9-2-3(5,6)4(7,8)11(9)10/h2H2,1H3. The van der Waals surface area contributed by atoms with E-state index < -0.39 is 19.0 Å². The molecule has 0 saturated carbocycles. The van der Waals surface area contributed by atoms with Crippen molar-refractivity contribution in [3.05, 3.63) is 0 Å². The molecule has 1 heterocycles. The van der Waals surface area contributed by atoms with E-state index in [2.05, 4.69) is 0 Å². The molecule has 1 rings (SSSR count). The Bertz CT molecular complexity index is 206. The molecule has 1 aliphatic heterocycles. The average molecular weight is 257 g/mol. The van der Waals surface area contributed by atoms with Crippen molar-refractivity contribution in [3.8, 4) is 0 Å². The second-order valence-corrected chi connectivity index (χ2v) is 7.25. The summed E-state index contributed by atoms with van der Waals surface area (Å²) in [5, 5.41) is 0. The molecular formula is C4H5Cl4NOS. The van der Waals surface area contributed by atoms with Crippen LogP contribution in [0.4, 0.5) is 0 Å². The third-order valence-corrected chi connectivity index (χ3v) is 5.69. The molecule has 1 fully saturated rings. The minimum absolute atomic E-state index is 0.190. The smallest absolute Gasteiger partial charge is 0.239 e. The Morgan fingerprint density at radius 3 is 1.91 bits per heavy atom. The fraction of sp³-hybridized carbons (Fsp3) is 1.00. The van der Waals surface area contributed by atoms with Crippen molar-refractivity contribution >= 4 is 57.4 Å². The summed E-state index contributed by atoms with van der Waals surface area (Å²) >= 11 is 22.8. The van der Waals surface area contributed by atoms with Gasteiger partial charge < -0.3 is 0 Å². The lowest BCUT2D eigenvalue weighted by Gasteiger charge is -2.20. The highest BCUT2D eigenvalue weighted by molar-refractivity contribution is 7.88. The van der Waals surface area contributed by atoms with Crippen LogP contribution in [0.3, 0.4) is 0 Å². The number of nitrogens with zero attached hydrogens (tertiary/aromatic N) is 1. The quantitative estimate of drug-likeness (QED) is 0.607. The van der Waals surface area contributed by atoms with E-state index >= 15 is 0 Å². The van der Waals surface area contributed by atoms with Gasteiger partial charge in [0.25, 0.3) is 0 Å². The number of hydrogen-bond donors (Lipinski definition) is 0. The highest BCUT2D eigenvalue weighted by atomic mass is 35.5. The van der Waals surface area contributed by atoms with Crippen LogP contribution in [0.1, 0.15) is 0 Å². The summed E-state index contributed by atoms with van der Waals surface area (Å²) in [5.74, 6) is 0. The Morgan fingerprint density at radius 2 is 1.82 bits per heavy atom. The lowest BCUT2D eigenvalue weighted by atomic mass is 10.4. The second-order valence-electron chi connectivity index (χ2n) is 2.26. The van der Waals surface area contributed by atoms with Crippen molar-refractivity contribution in [1.82, 2.24) is 4.31 Å². The molecular weight excluding hydrogens is 252 g/mol. The number of alkyl halides is 4. The minimum atomic E-state index is -1.61.